The molecule has 1 fully saturated rings. The SMILES string of the molecule is COC(=O)CC1C(=O)NCCN1C(=O)c1ccc(=O)[nH]c1C(C)C. The number of amides is 2. The second-order valence-corrected chi connectivity index (χ2v) is 5.89. The van der Waals surface area contributed by atoms with Crippen LogP contribution in [0, 0.1) is 0 Å². The third-order valence-electron chi connectivity index (χ3n) is 3.94. The number of aromatic nitrogens is 1. The molecule has 0 radical (unpaired) electrons. The molecule has 2 heterocycles. The Morgan fingerprint density at radius 3 is 2.67 bits per heavy atom. The lowest BCUT2D eigenvalue weighted by atomic mass is 10.0. The zero-order valence-corrected chi connectivity index (χ0v) is 13.9. The second-order valence-electron chi connectivity index (χ2n) is 5.89. The van der Waals surface area contributed by atoms with E-state index in [2.05, 4.69) is 15.0 Å². The predicted octanol–water partition coefficient (Wildman–Crippen LogP) is 0.00200. The summed E-state index contributed by atoms with van der Waals surface area (Å²) in [6.45, 7) is 4.30. The summed E-state index contributed by atoms with van der Waals surface area (Å²) in [6.07, 6.45) is -0.214. The average molecular weight is 335 g/mol. The standard InChI is InChI=1S/C16H21N3O5/c1-9(2)14-10(4-5-12(20)18-14)16(23)19-7-6-17-15(22)11(19)8-13(21)24-3/h4-5,9,11H,6-8H2,1-3H3,(H,17,22)(H,18,20). The number of esters is 1. The summed E-state index contributed by atoms with van der Waals surface area (Å²) in [5, 5.41) is 2.65. The van der Waals surface area contributed by atoms with Crippen molar-refractivity contribution in [3.05, 3.63) is 33.7 Å². The van der Waals surface area contributed by atoms with Gasteiger partial charge in [-0.15, -0.1) is 0 Å². The number of nitrogens with zero attached hydrogens (tertiary/aromatic N) is 1. The molecule has 1 aliphatic heterocycles. The van der Waals surface area contributed by atoms with Crippen molar-refractivity contribution in [1.29, 1.82) is 0 Å². The third kappa shape index (κ3) is 3.64. The molecule has 1 aromatic heterocycles. The minimum atomic E-state index is -0.925. The first-order chi connectivity index (χ1) is 11.3. The Labute approximate surface area is 139 Å². The molecule has 2 amide bonds. The van der Waals surface area contributed by atoms with Crippen LogP contribution in [0.5, 0.6) is 0 Å². The fraction of sp³-hybridized carbons (Fsp3) is 0.500. The largest absolute Gasteiger partial charge is 0.469 e. The molecule has 1 atom stereocenters. The molecule has 1 aliphatic rings. The van der Waals surface area contributed by atoms with E-state index in [-0.39, 0.29) is 24.4 Å². The summed E-state index contributed by atoms with van der Waals surface area (Å²) < 4.78 is 4.61. The summed E-state index contributed by atoms with van der Waals surface area (Å²) in [4.78, 5) is 52.2. The highest BCUT2D eigenvalue weighted by Gasteiger charge is 2.36. The molecule has 0 bridgehead atoms. The van der Waals surface area contributed by atoms with Crippen LogP contribution in [0.3, 0.4) is 0 Å². The van der Waals surface area contributed by atoms with Gasteiger partial charge in [-0.3, -0.25) is 19.2 Å². The van der Waals surface area contributed by atoms with E-state index in [9.17, 15) is 19.2 Å². The van der Waals surface area contributed by atoms with Gasteiger partial charge in [0.25, 0.3) is 5.91 Å². The fourth-order valence-corrected chi connectivity index (χ4v) is 2.69. The molecular weight excluding hydrogens is 314 g/mol. The summed E-state index contributed by atoms with van der Waals surface area (Å²) >= 11 is 0. The number of carbonyl (C=O) groups excluding carboxylic acids is 3. The van der Waals surface area contributed by atoms with Crippen molar-refractivity contribution in [2.75, 3.05) is 20.2 Å². The normalized spacial score (nSPS) is 17.6. The van der Waals surface area contributed by atoms with Gasteiger partial charge in [-0.1, -0.05) is 13.8 Å². The Bertz CT molecular complexity index is 710. The smallest absolute Gasteiger partial charge is 0.308 e. The summed E-state index contributed by atoms with van der Waals surface area (Å²) in [7, 11) is 1.23. The molecule has 0 saturated carbocycles. The van der Waals surface area contributed by atoms with Crippen molar-refractivity contribution >= 4 is 17.8 Å². The van der Waals surface area contributed by atoms with Gasteiger partial charge < -0.3 is 19.9 Å². The van der Waals surface area contributed by atoms with E-state index in [1.807, 2.05) is 13.8 Å². The zero-order chi connectivity index (χ0) is 17.9. The van der Waals surface area contributed by atoms with Crippen molar-refractivity contribution in [1.82, 2.24) is 15.2 Å². The van der Waals surface area contributed by atoms with Gasteiger partial charge in [0.15, 0.2) is 0 Å². The molecular formula is C16H21N3O5. The Kier molecular flexibility index (Phi) is 5.38. The van der Waals surface area contributed by atoms with E-state index in [1.165, 1.54) is 24.1 Å². The van der Waals surface area contributed by atoms with Crippen molar-refractivity contribution < 1.29 is 19.1 Å². The molecule has 8 heteroatoms. The summed E-state index contributed by atoms with van der Waals surface area (Å²) in [6, 6.07) is 1.81. The van der Waals surface area contributed by atoms with Crippen LogP contribution in [0.1, 0.15) is 42.2 Å². The minimum absolute atomic E-state index is 0.0736. The van der Waals surface area contributed by atoms with E-state index in [1.54, 1.807) is 0 Å². The lowest BCUT2D eigenvalue weighted by molar-refractivity contribution is -0.145. The second kappa shape index (κ2) is 7.29. The van der Waals surface area contributed by atoms with E-state index in [0.717, 1.165) is 0 Å². The van der Waals surface area contributed by atoms with Gasteiger partial charge in [-0.2, -0.15) is 0 Å². The quantitative estimate of drug-likeness (QED) is 0.753. The molecule has 0 aliphatic carbocycles. The highest BCUT2D eigenvalue weighted by molar-refractivity contribution is 6.00. The molecule has 24 heavy (non-hydrogen) atoms. The number of methoxy groups -OCH3 is 1. The number of hydrogen-bond donors (Lipinski definition) is 2. The topological polar surface area (TPSA) is 109 Å². The maximum Gasteiger partial charge on any atom is 0.308 e. The molecule has 1 unspecified atom stereocenters. The molecule has 2 rings (SSSR count). The number of pyridine rings is 1. The van der Waals surface area contributed by atoms with E-state index in [0.29, 0.717) is 17.8 Å². The van der Waals surface area contributed by atoms with Gasteiger partial charge >= 0.3 is 5.97 Å². The van der Waals surface area contributed by atoms with Crippen LogP contribution >= 0.6 is 0 Å². The van der Waals surface area contributed by atoms with E-state index >= 15 is 0 Å². The Morgan fingerprint density at radius 2 is 2.04 bits per heavy atom. The van der Waals surface area contributed by atoms with Gasteiger partial charge in [0.1, 0.15) is 6.04 Å². The lowest BCUT2D eigenvalue weighted by Gasteiger charge is -2.35. The number of nitrogens with one attached hydrogen (secondary N) is 2. The highest BCUT2D eigenvalue weighted by atomic mass is 16.5. The van der Waals surface area contributed by atoms with Gasteiger partial charge in [0.05, 0.1) is 19.1 Å². The van der Waals surface area contributed by atoms with Crippen molar-refractivity contribution in [3.63, 3.8) is 0 Å². The fourth-order valence-electron chi connectivity index (χ4n) is 2.69. The molecule has 0 spiro atoms. The lowest BCUT2D eigenvalue weighted by Crippen LogP contribution is -2.58. The van der Waals surface area contributed by atoms with Crippen LogP contribution in [0.4, 0.5) is 0 Å². The van der Waals surface area contributed by atoms with Gasteiger partial charge in [0.2, 0.25) is 11.5 Å². The van der Waals surface area contributed by atoms with Crippen LogP contribution < -0.4 is 10.9 Å². The van der Waals surface area contributed by atoms with Crippen LogP contribution in [-0.4, -0.2) is 53.9 Å². The number of carbonyl (C=O) groups is 3. The van der Waals surface area contributed by atoms with Crippen molar-refractivity contribution in [2.24, 2.45) is 0 Å². The van der Waals surface area contributed by atoms with Gasteiger partial charge in [-0.25, -0.2) is 0 Å². The van der Waals surface area contributed by atoms with Crippen LogP contribution in [0.2, 0.25) is 0 Å². The Hall–Kier alpha value is -2.64. The predicted molar refractivity (Wildman–Crippen MR) is 85.6 cm³/mol. The van der Waals surface area contributed by atoms with Gasteiger partial charge in [-0.05, 0) is 12.0 Å². The number of aromatic amines is 1. The number of piperazine rings is 1. The van der Waals surface area contributed by atoms with Gasteiger partial charge in [0, 0.05) is 24.8 Å². The summed E-state index contributed by atoms with van der Waals surface area (Å²) in [5.74, 6) is -1.43. The first kappa shape index (κ1) is 17.7. The van der Waals surface area contributed by atoms with Crippen molar-refractivity contribution in [3.8, 4) is 0 Å². The molecule has 1 saturated heterocycles. The Balaban J connectivity index is 2.37. The molecule has 2 N–H and O–H groups in total. The number of hydrogen-bond acceptors (Lipinski definition) is 5. The third-order valence-corrected chi connectivity index (χ3v) is 3.94. The van der Waals surface area contributed by atoms with Crippen LogP contribution in [0.15, 0.2) is 16.9 Å². The van der Waals surface area contributed by atoms with Crippen molar-refractivity contribution in [2.45, 2.75) is 32.2 Å². The monoisotopic (exact) mass is 335 g/mol. The Morgan fingerprint density at radius 1 is 1.33 bits per heavy atom. The maximum absolute atomic E-state index is 12.9. The number of ether oxygens (including phenoxy) is 1. The molecule has 130 valence electrons. The molecule has 8 nitrogen and oxygen atoms in total. The first-order valence-electron chi connectivity index (χ1n) is 7.73. The van der Waals surface area contributed by atoms with Crippen LogP contribution in [-0.2, 0) is 14.3 Å². The first-order valence-corrected chi connectivity index (χ1v) is 7.73. The minimum Gasteiger partial charge on any atom is -0.469 e. The maximum atomic E-state index is 12.9. The average Bonchev–Trinajstić information content (AvgIpc) is 2.55. The number of rotatable bonds is 4. The number of H-pyrrole nitrogens is 1. The highest BCUT2D eigenvalue weighted by Crippen LogP contribution is 2.20. The molecule has 1 aromatic rings. The molecule has 0 aromatic carbocycles. The summed E-state index contributed by atoms with van der Waals surface area (Å²) in [5.41, 5.74) is 0.544. The van der Waals surface area contributed by atoms with Crippen LogP contribution in [0.25, 0.3) is 0 Å². The van der Waals surface area contributed by atoms with E-state index in [4.69, 9.17) is 0 Å². The van der Waals surface area contributed by atoms with E-state index < -0.39 is 23.8 Å². The zero-order valence-electron chi connectivity index (χ0n) is 13.9.